The molecule has 0 aliphatic carbocycles. The lowest BCUT2D eigenvalue weighted by atomic mass is 9.90. The van der Waals surface area contributed by atoms with E-state index in [9.17, 15) is 0 Å². The normalized spacial score (nSPS) is 12.4. The zero-order valence-corrected chi connectivity index (χ0v) is 12.4. The molecule has 0 atom stereocenters. The van der Waals surface area contributed by atoms with Crippen LogP contribution in [0, 0.1) is 5.41 Å². The maximum atomic E-state index is 2.25. The molecule has 0 heterocycles. The molecule has 94 valence electrons. The third-order valence-corrected chi connectivity index (χ3v) is 2.43. The Balaban J connectivity index is 5.46. The van der Waals surface area contributed by atoms with E-state index in [0.29, 0.717) is 0 Å². The van der Waals surface area contributed by atoms with Gasteiger partial charge in [0, 0.05) is 31.3 Å². The van der Waals surface area contributed by atoms with Crippen LogP contribution in [0.15, 0.2) is 11.8 Å². The number of amidine groups is 1. The van der Waals surface area contributed by atoms with Gasteiger partial charge in [-0.3, -0.25) is 9.48 Å². The Kier molecular flexibility index (Phi) is 5.04. The van der Waals surface area contributed by atoms with Crippen molar-refractivity contribution < 1.29 is 4.58 Å². The minimum Gasteiger partial charge on any atom is -0.380 e. The molecule has 3 nitrogen and oxygen atoms in total. The molecule has 0 fully saturated rings. The minimum atomic E-state index is 0.154. The van der Waals surface area contributed by atoms with Crippen molar-refractivity contribution in [1.82, 2.24) is 9.80 Å². The van der Waals surface area contributed by atoms with Crippen LogP contribution in [0.1, 0.15) is 20.8 Å². The molecule has 0 bridgehead atoms. The predicted octanol–water partition coefficient (Wildman–Crippen LogP) is 1.71. The molecule has 0 aromatic rings. The number of hydrogen-bond acceptors (Lipinski definition) is 1. The molecule has 0 spiro atoms. The van der Waals surface area contributed by atoms with Crippen LogP contribution in [0.4, 0.5) is 0 Å². The van der Waals surface area contributed by atoms with Gasteiger partial charge in [-0.1, -0.05) is 20.8 Å². The average molecular weight is 226 g/mol. The molecule has 0 saturated carbocycles. The van der Waals surface area contributed by atoms with Crippen molar-refractivity contribution in [2.45, 2.75) is 20.8 Å². The summed E-state index contributed by atoms with van der Waals surface area (Å²) in [5, 5.41) is 0. The summed E-state index contributed by atoms with van der Waals surface area (Å²) in [7, 11) is 12.5. The zero-order valence-electron chi connectivity index (χ0n) is 12.4. The molecular weight excluding hydrogens is 198 g/mol. The van der Waals surface area contributed by atoms with Crippen LogP contribution in [0.5, 0.6) is 0 Å². The third-order valence-electron chi connectivity index (χ3n) is 2.43. The Morgan fingerprint density at radius 2 is 1.38 bits per heavy atom. The highest BCUT2D eigenvalue weighted by Gasteiger charge is 2.22. The van der Waals surface area contributed by atoms with Gasteiger partial charge in [0.1, 0.15) is 0 Å². The topological polar surface area (TPSA) is 9.49 Å². The number of hydrogen-bond donors (Lipinski definition) is 0. The van der Waals surface area contributed by atoms with Crippen molar-refractivity contribution in [3.05, 3.63) is 11.8 Å². The summed E-state index contributed by atoms with van der Waals surface area (Å²) in [5.74, 6) is 1.21. The summed E-state index contributed by atoms with van der Waals surface area (Å²) in [6.45, 7) is 6.71. The molecule has 0 radical (unpaired) electrons. The van der Waals surface area contributed by atoms with Crippen molar-refractivity contribution in [3.63, 3.8) is 0 Å². The molecule has 0 aromatic carbocycles. The summed E-state index contributed by atoms with van der Waals surface area (Å²) in [6, 6.07) is 0. The van der Waals surface area contributed by atoms with Gasteiger partial charge >= 0.3 is 0 Å². The maximum absolute atomic E-state index is 2.25. The quantitative estimate of drug-likeness (QED) is 0.403. The van der Waals surface area contributed by atoms with Crippen LogP contribution < -0.4 is 0 Å². The SMILES string of the molecule is CN(C)C(/C=C(/N(C)C)C(C)(C)C)=[N+](C)C. The van der Waals surface area contributed by atoms with E-state index >= 15 is 0 Å². The van der Waals surface area contributed by atoms with Crippen molar-refractivity contribution >= 4 is 5.84 Å². The van der Waals surface area contributed by atoms with Gasteiger partial charge in [-0.2, -0.15) is 0 Å². The number of allylic oxidation sites excluding steroid dienone is 1. The fourth-order valence-electron chi connectivity index (χ4n) is 1.80. The molecule has 0 amide bonds. The molecule has 0 N–H and O–H groups in total. The second-order valence-electron chi connectivity index (χ2n) is 5.82. The second-order valence-corrected chi connectivity index (χ2v) is 5.82. The average Bonchev–Trinajstić information content (AvgIpc) is 1.99. The number of rotatable bonds is 2. The summed E-state index contributed by atoms with van der Waals surface area (Å²) in [6.07, 6.45) is 2.25. The Hall–Kier alpha value is -0.990. The largest absolute Gasteiger partial charge is 0.380 e. The van der Waals surface area contributed by atoms with Crippen LogP contribution in [-0.2, 0) is 0 Å². The summed E-state index contributed by atoms with van der Waals surface area (Å²) < 4.78 is 2.13. The van der Waals surface area contributed by atoms with Crippen LogP contribution >= 0.6 is 0 Å². The Morgan fingerprint density at radius 3 is 1.56 bits per heavy atom. The Bertz CT molecular complexity index is 287. The van der Waals surface area contributed by atoms with Gasteiger partial charge < -0.3 is 4.90 Å². The molecule has 0 aliphatic rings. The van der Waals surface area contributed by atoms with Crippen LogP contribution in [0.25, 0.3) is 0 Å². The van der Waals surface area contributed by atoms with Crippen LogP contribution in [0.2, 0.25) is 0 Å². The zero-order chi connectivity index (χ0) is 13.1. The molecule has 0 saturated heterocycles. The van der Waals surface area contributed by atoms with Crippen LogP contribution in [-0.4, -0.2) is 62.5 Å². The number of likely N-dealkylation sites (N-methyl/N-ethyl adjacent to an activating group) is 1. The van der Waals surface area contributed by atoms with Crippen molar-refractivity contribution in [2.24, 2.45) is 5.41 Å². The predicted molar refractivity (Wildman–Crippen MR) is 72.0 cm³/mol. The van der Waals surface area contributed by atoms with Crippen LogP contribution in [0.3, 0.4) is 0 Å². The lowest BCUT2D eigenvalue weighted by Gasteiger charge is -2.29. The fraction of sp³-hybridized carbons (Fsp3) is 0.769. The standard InChI is InChI=1S/C13H28N3/c1-13(2,3)11(14(4)5)10-12(15(6)7)16(8)9/h10H,1-9H3/q+1. The first kappa shape index (κ1) is 15.0. The highest BCUT2D eigenvalue weighted by Crippen LogP contribution is 2.26. The fourth-order valence-corrected chi connectivity index (χ4v) is 1.80. The van der Waals surface area contributed by atoms with Crippen molar-refractivity contribution in [1.29, 1.82) is 0 Å². The molecule has 0 aliphatic heterocycles. The summed E-state index contributed by atoms with van der Waals surface area (Å²) in [4.78, 5) is 4.32. The smallest absolute Gasteiger partial charge is 0.272 e. The Morgan fingerprint density at radius 1 is 0.938 bits per heavy atom. The van der Waals surface area contributed by atoms with Gasteiger partial charge in [0.2, 0.25) is 0 Å². The molecular formula is C13H28N3+. The first-order valence-electron chi connectivity index (χ1n) is 5.68. The Labute approximate surface area is 101 Å². The van der Waals surface area contributed by atoms with E-state index in [4.69, 9.17) is 0 Å². The summed E-state index contributed by atoms with van der Waals surface area (Å²) in [5.41, 5.74) is 1.48. The van der Waals surface area contributed by atoms with Crippen molar-refractivity contribution in [3.8, 4) is 0 Å². The van der Waals surface area contributed by atoms with Gasteiger partial charge in [-0.15, -0.1) is 0 Å². The van der Waals surface area contributed by atoms with E-state index in [1.54, 1.807) is 0 Å². The first-order chi connectivity index (χ1) is 7.07. The molecule has 0 unspecified atom stereocenters. The lowest BCUT2D eigenvalue weighted by Crippen LogP contribution is -2.32. The maximum Gasteiger partial charge on any atom is 0.272 e. The van der Waals surface area contributed by atoms with Gasteiger partial charge in [0.15, 0.2) is 0 Å². The van der Waals surface area contributed by atoms with Gasteiger partial charge in [-0.05, 0) is 0 Å². The third kappa shape index (κ3) is 4.25. The second kappa shape index (κ2) is 5.37. The van der Waals surface area contributed by atoms with E-state index in [-0.39, 0.29) is 5.41 Å². The molecule has 0 aromatic heterocycles. The van der Waals surface area contributed by atoms with Gasteiger partial charge in [0.25, 0.3) is 5.84 Å². The van der Waals surface area contributed by atoms with Gasteiger partial charge in [-0.25, -0.2) is 0 Å². The molecule has 0 rings (SSSR count). The molecule has 3 heteroatoms. The van der Waals surface area contributed by atoms with E-state index < -0.39 is 0 Å². The lowest BCUT2D eigenvalue weighted by molar-refractivity contribution is -0.468. The molecule has 16 heavy (non-hydrogen) atoms. The highest BCUT2D eigenvalue weighted by atomic mass is 15.2. The number of nitrogens with zero attached hydrogens (tertiary/aromatic N) is 3. The van der Waals surface area contributed by atoms with E-state index in [1.807, 2.05) is 0 Å². The van der Waals surface area contributed by atoms with Crippen molar-refractivity contribution in [2.75, 3.05) is 42.3 Å². The first-order valence-corrected chi connectivity index (χ1v) is 5.68. The van der Waals surface area contributed by atoms with Gasteiger partial charge in [0.05, 0.1) is 28.2 Å². The highest BCUT2D eigenvalue weighted by molar-refractivity contribution is 5.89. The monoisotopic (exact) mass is 226 g/mol. The van der Waals surface area contributed by atoms with E-state index in [2.05, 4.69) is 83.5 Å². The van der Waals surface area contributed by atoms with E-state index in [1.165, 1.54) is 11.5 Å². The summed E-state index contributed by atoms with van der Waals surface area (Å²) >= 11 is 0. The minimum absolute atomic E-state index is 0.154. The van der Waals surface area contributed by atoms with E-state index in [0.717, 1.165) is 0 Å².